The van der Waals surface area contributed by atoms with Crippen molar-refractivity contribution in [1.29, 1.82) is 5.26 Å². The van der Waals surface area contributed by atoms with E-state index in [9.17, 15) is 5.11 Å². The molecule has 0 amide bonds. The third-order valence-electron chi connectivity index (χ3n) is 1.79. The van der Waals surface area contributed by atoms with Crippen molar-refractivity contribution in [1.82, 2.24) is 4.40 Å². The molecule has 0 aliphatic carbocycles. The molecule has 0 aliphatic rings. The van der Waals surface area contributed by atoms with Crippen LogP contribution in [0.1, 0.15) is 5.56 Å². The predicted molar refractivity (Wildman–Crippen MR) is 43.8 cm³/mol. The van der Waals surface area contributed by atoms with Gasteiger partial charge in [0.15, 0.2) is 5.88 Å². The molecule has 0 fully saturated rings. The molecule has 0 atom stereocenters. The Morgan fingerprint density at radius 2 is 2.17 bits per heavy atom. The average molecular weight is 158 g/mol. The van der Waals surface area contributed by atoms with E-state index in [1.807, 2.05) is 0 Å². The molecule has 0 unspecified atom stereocenters. The number of pyridine rings is 1. The number of nitriles is 1. The molecule has 0 saturated carbocycles. The summed E-state index contributed by atoms with van der Waals surface area (Å²) in [6.07, 6.45) is 1.71. The number of hydrogen-bond acceptors (Lipinski definition) is 2. The van der Waals surface area contributed by atoms with E-state index in [2.05, 4.69) is 6.07 Å². The highest BCUT2D eigenvalue weighted by Gasteiger charge is 2.01. The van der Waals surface area contributed by atoms with Gasteiger partial charge < -0.3 is 5.11 Å². The fourth-order valence-electron chi connectivity index (χ4n) is 1.22. The lowest BCUT2D eigenvalue weighted by molar-refractivity contribution is 0.446. The van der Waals surface area contributed by atoms with E-state index in [4.69, 9.17) is 5.26 Å². The van der Waals surface area contributed by atoms with Crippen molar-refractivity contribution in [2.45, 2.75) is 0 Å². The Kier molecular flexibility index (Phi) is 1.28. The van der Waals surface area contributed by atoms with Gasteiger partial charge in [0.25, 0.3) is 0 Å². The van der Waals surface area contributed by atoms with Crippen LogP contribution in [0.4, 0.5) is 0 Å². The Morgan fingerprint density at radius 3 is 2.92 bits per heavy atom. The van der Waals surface area contributed by atoms with Gasteiger partial charge in [0, 0.05) is 6.20 Å². The van der Waals surface area contributed by atoms with Crippen LogP contribution >= 0.6 is 0 Å². The molecule has 2 rings (SSSR count). The molecule has 0 saturated heterocycles. The zero-order valence-corrected chi connectivity index (χ0v) is 6.23. The number of rotatable bonds is 0. The molecule has 12 heavy (non-hydrogen) atoms. The number of nitrogens with zero attached hydrogens (tertiary/aromatic N) is 2. The zero-order valence-electron chi connectivity index (χ0n) is 6.23. The summed E-state index contributed by atoms with van der Waals surface area (Å²) in [6, 6.07) is 8.74. The molecule has 0 spiro atoms. The van der Waals surface area contributed by atoms with E-state index in [1.165, 1.54) is 6.07 Å². The quantitative estimate of drug-likeness (QED) is 0.631. The average Bonchev–Trinajstić information content (AvgIpc) is 2.54. The van der Waals surface area contributed by atoms with Gasteiger partial charge in [0.1, 0.15) is 6.07 Å². The first-order valence-electron chi connectivity index (χ1n) is 3.52. The third kappa shape index (κ3) is 0.753. The van der Waals surface area contributed by atoms with E-state index < -0.39 is 0 Å². The standard InChI is InChI=1S/C9H6N2O/c10-6-7-3-4-9(12)11-5-1-2-8(7)11/h1-5,12H. The van der Waals surface area contributed by atoms with E-state index in [-0.39, 0.29) is 5.88 Å². The highest BCUT2D eigenvalue weighted by molar-refractivity contribution is 5.62. The van der Waals surface area contributed by atoms with Crippen LogP contribution in [0.5, 0.6) is 5.88 Å². The normalized spacial score (nSPS) is 9.92. The van der Waals surface area contributed by atoms with Crippen molar-refractivity contribution in [3.05, 3.63) is 36.0 Å². The second kappa shape index (κ2) is 2.28. The van der Waals surface area contributed by atoms with Crippen LogP contribution in [-0.4, -0.2) is 9.51 Å². The van der Waals surface area contributed by atoms with Gasteiger partial charge in [-0.1, -0.05) is 0 Å². The van der Waals surface area contributed by atoms with Crippen LogP contribution in [0, 0.1) is 11.3 Å². The predicted octanol–water partition coefficient (Wildman–Crippen LogP) is 1.52. The van der Waals surface area contributed by atoms with E-state index in [0.29, 0.717) is 5.56 Å². The summed E-state index contributed by atoms with van der Waals surface area (Å²) in [5, 5.41) is 18.0. The highest BCUT2D eigenvalue weighted by Crippen LogP contribution is 2.17. The largest absolute Gasteiger partial charge is 0.494 e. The van der Waals surface area contributed by atoms with Crippen molar-refractivity contribution >= 4 is 5.52 Å². The van der Waals surface area contributed by atoms with Gasteiger partial charge >= 0.3 is 0 Å². The number of hydrogen-bond donors (Lipinski definition) is 1. The molecule has 3 nitrogen and oxygen atoms in total. The lowest BCUT2D eigenvalue weighted by atomic mass is 10.2. The van der Waals surface area contributed by atoms with Crippen LogP contribution in [0.3, 0.4) is 0 Å². The van der Waals surface area contributed by atoms with Gasteiger partial charge in [0.05, 0.1) is 11.1 Å². The molecule has 0 bridgehead atoms. The number of aromatic hydroxyl groups is 1. The molecule has 0 aromatic carbocycles. The molecular weight excluding hydrogens is 152 g/mol. The summed E-state index contributed by atoms with van der Waals surface area (Å²) >= 11 is 0. The summed E-state index contributed by atoms with van der Waals surface area (Å²) < 4.78 is 1.57. The monoisotopic (exact) mass is 158 g/mol. The van der Waals surface area contributed by atoms with E-state index in [0.717, 1.165) is 5.52 Å². The van der Waals surface area contributed by atoms with Crippen LogP contribution in [0.15, 0.2) is 30.5 Å². The smallest absolute Gasteiger partial charge is 0.195 e. The van der Waals surface area contributed by atoms with Crippen molar-refractivity contribution in [2.24, 2.45) is 0 Å². The Bertz CT molecular complexity index is 465. The van der Waals surface area contributed by atoms with Crippen molar-refractivity contribution in [3.8, 4) is 11.9 Å². The molecule has 58 valence electrons. The minimum Gasteiger partial charge on any atom is -0.494 e. The van der Waals surface area contributed by atoms with Crippen molar-refractivity contribution in [3.63, 3.8) is 0 Å². The topological polar surface area (TPSA) is 48.4 Å². The summed E-state index contributed by atoms with van der Waals surface area (Å²) in [5.74, 6) is 0.147. The van der Waals surface area contributed by atoms with E-state index in [1.54, 1.807) is 28.8 Å². The third-order valence-corrected chi connectivity index (χ3v) is 1.79. The first-order chi connectivity index (χ1) is 5.83. The summed E-state index contributed by atoms with van der Waals surface area (Å²) in [5.41, 5.74) is 1.30. The van der Waals surface area contributed by atoms with Gasteiger partial charge in [-0.15, -0.1) is 0 Å². The van der Waals surface area contributed by atoms with Crippen LogP contribution in [-0.2, 0) is 0 Å². The molecule has 1 N–H and O–H groups in total. The minimum atomic E-state index is 0.147. The lowest BCUT2D eigenvalue weighted by Gasteiger charge is -1.99. The molecule has 0 aliphatic heterocycles. The fourth-order valence-corrected chi connectivity index (χ4v) is 1.22. The summed E-state index contributed by atoms with van der Waals surface area (Å²) in [6.45, 7) is 0. The Morgan fingerprint density at radius 1 is 1.33 bits per heavy atom. The van der Waals surface area contributed by atoms with Gasteiger partial charge in [0.2, 0.25) is 0 Å². The van der Waals surface area contributed by atoms with Gasteiger partial charge in [-0.2, -0.15) is 5.26 Å². The highest BCUT2D eigenvalue weighted by atomic mass is 16.3. The van der Waals surface area contributed by atoms with Crippen molar-refractivity contribution in [2.75, 3.05) is 0 Å². The van der Waals surface area contributed by atoms with E-state index >= 15 is 0 Å². The maximum atomic E-state index is 9.33. The SMILES string of the molecule is N#Cc1ccc(O)n2cccc12. The molecule has 3 heteroatoms. The lowest BCUT2D eigenvalue weighted by Crippen LogP contribution is -1.86. The number of fused-ring (bicyclic) bond motifs is 1. The summed E-state index contributed by atoms with van der Waals surface area (Å²) in [4.78, 5) is 0. The number of aromatic nitrogens is 1. The molecule has 2 aromatic heterocycles. The Balaban J connectivity index is 2.94. The van der Waals surface area contributed by atoms with Crippen LogP contribution < -0.4 is 0 Å². The van der Waals surface area contributed by atoms with Crippen LogP contribution in [0.2, 0.25) is 0 Å². The second-order valence-corrected chi connectivity index (χ2v) is 2.48. The van der Waals surface area contributed by atoms with Crippen molar-refractivity contribution < 1.29 is 5.11 Å². The molecule has 0 radical (unpaired) electrons. The Hall–Kier alpha value is -1.95. The minimum absolute atomic E-state index is 0.147. The van der Waals surface area contributed by atoms with Gasteiger partial charge in [-0.25, -0.2) is 0 Å². The molecule has 2 aromatic rings. The maximum absolute atomic E-state index is 9.33. The Labute approximate surface area is 69.1 Å². The first kappa shape index (κ1) is 6.74. The molecule has 2 heterocycles. The maximum Gasteiger partial charge on any atom is 0.195 e. The second-order valence-electron chi connectivity index (χ2n) is 2.48. The first-order valence-corrected chi connectivity index (χ1v) is 3.52. The van der Waals surface area contributed by atoms with Gasteiger partial charge in [-0.3, -0.25) is 4.40 Å². The zero-order chi connectivity index (χ0) is 8.55. The van der Waals surface area contributed by atoms with Gasteiger partial charge in [-0.05, 0) is 24.3 Å². The molecular formula is C9H6N2O. The fraction of sp³-hybridized carbons (Fsp3) is 0. The summed E-state index contributed by atoms with van der Waals surface area (Å²) in [7, 11) is 0. The van der Waals surface area contributed by atoms with Crippen LogP contribution in [0.25, 0.3) is 5.52 Å².